The van der Waals surface area contributed by atoms with Gasteiger partial charge < -0.3 is 9.84 Å². The van der Waals surface area contributed by atoms with Crippen molar-refractivity contribution in [3.63, 3.8) is 0 Å². The Kier molecular flexibility index (Phi) is 5.73. The first kappa shape index (κ1) is 20.3. The summed E-state index contributed by atoms with van der Waals surface area (Å²) in [7, 11) is 2.00. The molecule has 1 N–H and O–H groups in total. The van der Waals surface area contributed by atoms with Gasteiger partial charge in [0.1, 0.15) is 0 Å². The van der Waals surface area contributed by atoms with Crippen molar-refractivity contribution in [1.82, 2.24) is 30.1 Å². The van der Waals surface area contributed by atoms with E-state index in [1.54, 1.807) is 24.3 Å². The molecule has 28 heavy (non-hydrogen) atoms. The summed E-state index contributed by atoms with van der Waals surface area (Å²) in [5.74, 6) is 0.887. The van der Waals surface area contributed by atoms with Crippen LogP contribution in [0.4, 0.5) is 13.2 Å². The maximum Gasteiger partial charge on any atom is 0.435 e. The second-order valence-electron chi connectivity index (χ2n) is 6.35. The van der Waals surface area contributed by atoms with Crippen LogP contribution in [0.1, 0.15) is 17.6 Å². The summed E-state index contributed by atoms with van der Waals surface area (Å²) >= 11 is 0. The third kappa shape index (κ3) is 4.03. The van der Waals surface area contributed by atoms with E-state index in [1.165, 1.54) is 10.9 Å². The molecule has 0 bridgehead atoms. The molecular weight excluding hydrogens is 397 g/mol. The molecule has 3 aromatic rings. The largest absolute Gasteiger partial charge is 0.435 e. The molecule has 1 atom stereocenters. The predicted octanol–water partition coefficient (Wildman–Crippen LogP) is 2.94. The van der Waals surface area contributed by atoms with Crippen molar-refractivity contribution in [3.05, 3.63) is 48.0 Å². The van der Waals surface area contributed by atoms with Crippen molar-refractivity contribution in [1.29, 1.82) is 0 Å². The molecule has 150 valence electrons. The number of hydrogen-bond acceptors (Lipinski definition) is 6. The topological polar surface area (TPSA) is 72.0 Å². The van der Waals surface area contributed by atoms with E-state index in [4.69, 9.17) is 4.52 Å². The van der Waals surface area contributed by atoms with E-state index >= 15 is 0 Å². The lowest BCUT2D eigenvalue weighted by Gasteiger charge is -2.30. The summed E-state index contributed by atoms with van der Waals surface area (Å²) in [4.78, 5) is 6.61. The minimum absolute atomic E-state index is 0. The van der Waals surface area contributed by atoms with E-state index < -0.39 is 11.9 Å². The van der Waals surface area contributed by atoms with Gasteiger partial charge >= 0.3 is 6.18 Å². The molecule has 0 saturated carbocycles. The van der Waals surface area contributed by atoms with Gasteiger partial charge in [0, 0.05) is 31.4 Å². The highest BCUT2D eigenvalue weighted by Crippen LogP contribution is 2.29. The number of likely N-dealkylation sites (N-methyl/N-ethyl adjacent to an activating group) is 1. The summed E-state index contributed by atoms with van der Waals surface area (Å²) in [6, 6.07) is 7.74. The van der Waals surface area contributed by atoms with Crippen LogP contribution >= 0.6 is 12.4 Å². The van der Waals surface area contributed by atoms with Crippen molar-refractivity contribution in [2.75, 3.05) is 26.7 Å². The monoisotopic (exact) mass is 414 g/mol. The van der Waals surface area contributed by atoms with E-state index in [1.807, 2.05) is 7.05 Å². The molecule has 11 heteroatoms. The molecule has 4 rings (SSSR count). The Hall–Kier alpha value is -2.43. The van der Waals surface area contributed by atoms with Gasteiger partial charge in [0.25, 0.3) is 5.89 Å². The Morgan fingerprint density at radius 1 is 1.25 bits per heavy atom. The summed E-state index contributed by atoms with van der Waals surface area (Å²) < 4.78 is 44.8. The molecule has 1 aromatic carbocycles. The molecule has 7 nitrogen and oxygen atoms in total. The maximum atomic E-state index is 12.8. The SMILES string of the molecule is CN1CCNCC1c1noc(-c2cccc(-n3ccc(C(F)(F)F)n3)c2)n1.Cl. The van der Waals surface area contributed by atoms with Gasteiger partial charge in [0.15, 0.2) is 11.5 Å². The fraction of sp³-hybridized carbons (Fsp3) is 0.353. The number of alkyl halides is 3. The third-order valence-corrected chi connectivity index (χ3v) is 4.49. The molecule has 0 radical (unpaired) electrons. The van der Waals surface area contributed by atoms with Gasteiger partial charge in [-0.3, -0.25) is 4.90 Å². The molecule has 0 amide bonds. The van der Waals surface area contributed by atoms with Crippen molar-refractivity contribution < 1.29 is 17.7 Å². The zero-order chi connectivity index (χ0) is 19.0. The van der Waals surface area contributed by atoms with Crippen LogP contribution in [0.5, 0.6) is 0 Å². The Balaban J connectivity index is 0.00000225. The Labute approximate surface area is 164 Å². The number of rotatable bonds is 3. The highest BCUT2D eigenvalue weighted by Gasteiger charge is 2.33. The molecule has 2 aromatic heterocycles. The van der Waals surface area contributed by atoms with E-state index in [0.717, 1.165) is 25.7 Å². The highest BCUT2D eigenvalue weighted by molar-refractivity contribution is 5.85. The van der Waals surface area contributed by atoms with Crippen LogP contribution < -0.4 is 5.32 Å². The number of piperazine rings is 1. The lowest BCUT2D eigenvalue weighted by molar-refractivity contribution is -0.141. The van der Waals surface area contributed by atoms with E-state index in [2.05, 4.69) is 25.5 Å². The average Bonchev–Trinajstić information content (AvgIpc) is 3.32. The van der Waals surface area contributed by atoms with Gasteiger partial charge in [-0.15, -0.1) is 12.4 Å². The smallest absolute Gasteiger partial charge is 0.334 e. The number of nitrogens with zero attached hydrogens (tertiary/aromatic N) is 5. The minimum atomic E-state index is -4.48. The first-order valence-corrected chi connectivity index (χ1v) is 8.40. The fourth-order valence-electron chi connectivity index (χ4n) is 2.98. The normalized spacial score (nSPS) is 18.1. The molecule has 1 aliphatic heterocycles. The van der Waals surface area contributed by atoms with Gasteiger partial charge in [-0.05, 0) is 31.3 Å². The number of nitrogens with one attached hydrogen (secondary N) is 1. The zero-order valence-corrected chi connectivity index (χ0v) is 15.7. The van der Waals surface area contributed by atoms with Crippen LogP contribution in [-0.4, -0.2) is 51.5 Å². The van der Waals surface area contributed by atoms with Gasteiger partial charge in [-0.25, -0.2) is 4.68 Å². The second-order valence-corrected chi connectivity index (χ2v) is 6.35. The quantitative estimate of drug-likeness (QED) is 0.710. The van der Waals surface area contributed by atoms with Gasteiger partial charge in [-0.1, -0.05) is 11.2 Å². The van der Waals surface area contributed by atoms with Gasteiger partial charge in [0.2, 0.25) is 0 Å². The van der Waals surface area contributed by atoms with Crippen LogP contribution in [0.2, 0.25) is 0 Å². The maximum absolute atomic E-state index is 12.8. The number of aromatic nitrogens is 4. The Morgan fingerprint density at radius 2 is 2.07 bits per heavy atom. The number of hydrogen-bond donors (Lipinski definition) is 1. The summed E-state index contributed by atoms with van der Waals surface area (Å²) in [6.45, 7) is 2.51. The Bertz CT molecular complexity index is 941. The van der Waals surface area contributed by atoms with Crippen LogP contribution in [-0.2, 0) is 6.18 Å². The van der Waals surface area contributed by atoms with E-state index in [-0.39, 0.29) is 18.4 Å². The van der Waals surface area contributed by atoms with Gasteiger partial charge in [-0.2, -0.15) is 23.3 Å². The molecule has 1 saturated heterocycles. The second kappa shape index (κ2) is 7.90. The van der Waals surface area contributed by atoms with Crippen LogP contribution in [0, 0.1) is 0 Å². The molecule has 0 aliphatic carbocycles. The fourth-order valence-corrected chi connectivity index (χ4v) is 2.98. The first-order valence-electron chi connectivity index (χ1n) is 8.40. The molecular formula is C17H18ClF3N6O. The molecule has 3 heterocycles. The first-order chi connectivity index (χ1) is 12.9. The van der Waals surface area contributed by atoms with Gasteiger partial charge in [0.05, 0.1) is 11.7 Å². The standard InChI is InChI=1S/C17H17F3N6O.ClH/c1-25-8-6-21-10-13(25)15-22-16(27-24-15)11-3-2-4-12(9-11)26-7-5-14(23-26)17(18,19)20;/h2-5,7,9,13,21H,6,8,10H2,1H3;1H. The van der Waals surface area contributed by atoms with Crippen molar-refractivity contribution in [2.24, 2.45) is 0 Å². The summed E-state index contributed by atoms with van der Waals surface area (Å²) in [5, 5.41) is 10.9. The summed E-state index contributed by atoms with van der Waals surface area (Å²) in [5.41, 5.74) is 0.141. The Morgan fingerprint density at radius 3 is 2.79 bits per heavy atom. The van der Waals surface area contributed by atoms with E-state index in [0.29, 0.717) is 23.0 Å². The van der Waals surface area contributed by atoms with Crippen molar-refractivity contribution in [2.45, 2.75) is 12.2 Å². The number of benzene rings is 1. The van der Waals surface area contributed by atoms with Crippen molar-refractivity contribution >= 4 is 12.4 Å². The number of halogens is 4. The predicted molar refractivity (Wildman–Crippen MR) is 97.3 cm³/mol. The zero-order valence-electron chi connectivity index (χ0n) is 14.8. The lowest BCUT2D eigenvalue weighted by atomic mass is 10.2. The molecule has 1 fully saturated rings. The third-order valence-electron chi connectivity index (χ3n) is 4.49. The van der Waals surface area contributed by atoms with Crippen LogP contribution in [0.15, 0.2) is 41.1 Å². The lowest BCUT2D eigenvalue weighted by Crippen LogP contribution is -2.44. The average molecular weight is 415 g/mol. The van der Waals surface area contributed by atoms with Crippen LogP contribution in [0.3, 0.4) is 0 Å². The van der Waals surface area contributed by atoms with E-state index in [9.17, 15) is 13.2 Å². The van der Waals surface area contributed by atoms with Crippen molar-refractivity contribution in [3.8, 4) is 17.1 Å². The molecule has 0 spiro atoms. The minimum Gasteiger partial charge on any atom is -0.334 e. The highest BCUT2D eigenvalue weighted by atomic mass is 35.5. The molecule has 1 aliphatic rings. The van der Waals surface area contributed by atoms with Crippen LogP contribution in [0.25, 0.3) is 17.1 Å². The summed E-state index contributed by atoms with van der Waals surface area (Å²) in [6.07, 6.45) is -3.21. The molecule has 1 unspecified atom stereocenters.